The van der Waals surface area contributed by atoms with E-state index in [1.54, 1.807) is 7.11 Å². The van der Waals surface area contributed by atoms with Crippen molar-refractivity contribution in [3.8, 4) is 0 Å². The Kier molecular flexibility index (Phi) is 10.5. The number of nitrogens with one attached hydrogen (secondary N) is 1. The summed E-state index contributed by atoms with van der Waals surface area (Å²) in [4.78, 5) is 0. The first-order chi connectivity index (χ1) is 6.85. The third-order valence-corrected chi connectivity index (χ3v) is 2.32. The van der Waals surface area contributed by atoms with Crippen molar-refractivity contribution in [1.82, 2.24) is 5.32 Å². The highest BCUT2D eigenvalue weighted by Gasteiger charge is 2.05. The number of unbranched alkanes of at least 4 members (excludes halogenated alkanes) is 3. The summed E-state index contributed by atoms with van der Waals surface area (Å²) >= 11 is 0. The summed E-state index contributed by atoms with van der Waals surface area (Å²) in [5.74, 6) is 0. The lowest BCUT2D eigenvalue weighted by Gasteiger charge is -2.16. The summed E-state index contributed by atoms with van der Waals surface area (Å²) in [7, 11) is 1.77. The summed E-state index contributed by atoms with van der Waals surface area (Å²) in [6.45, 7) is 7.72. The number of allylic oxidation sites excluding steroid dienone is 1. The Labute approximate surface area is 88.7 Å². The molecule has 0 aliphatic heterocycles. The molecule has 14 heavy (non-hydrogen) atoms. The molecule has 0 aliphatic carbocycles. The van der Waals surface area contributed by atoms with Gasteiger partial charge in [0.05, 0.1) is 6.61 Å². The van der Waals surface area contributed by atoms with Gasteiger partial charge in [0.2, 0.25) is 0 Å². The highest BCUT2D eigenvalue weighted by molar-refractivity contribution is 4.68. The van der Waals surface area contributed by atoms with E-state index < -0.39 is 0 Å². The van der Waals surface area contributed by atoms with Crippen LogP contribution in [0.4, 0.5) is 0 Å². The minimum absolute atomic E-state index is 0.536. The molecule has 0 bridgehead atoms. The maximum absolute atomic E-state index is 5.16. The zero-order chi connectivity index (χ0) is 10.6. The smallest absolute Gasteiger partial charge is 0.0615 e. The molecule has 0 saturated carbocycles. The fraction of sp³-hybridized carbons (Fsp3) is 0.833. The van der Waals surface area contributed by atoms with Crippen LogP contribution in [0.5, 0.6) is 0 Å². The molecule has 0 spiro atoms. The Balaban J connectivity index is 3.34. The Morgan fingerprint density at radius 2 is 2.14 bits per heavy atom. The van der Waals surface area contributed by atoms with E-state index in [9.17, 15) is 0 Å². The Hall–Kier alpha value is -0.340. The van der Waals surface area contributed by atoms with Gasteiger partial charge in [-0.2, -0.15) is 0 Å². The maximum Gasteiger partial charge on any atom is 0.0615 e. The highest BCUT2D eigenvalue weighted by atomic mass is 16.5. The molecule has 1 atom stereocenters. The number of likely N-dealkylation sites (N-methyl/N-ethyl adjacent to an activating group) is 1. The summed E-state index contributed by atoms with van der Waals surface area (Å²) < 4.78 is 5.16. The van der Waals surface area contributed by atoms with E-state index in [4.69, 9.17) is 4.74 Å². The van der Waals surface area contributed by atoms with Crippen LogP contribution in [-0.4, -0.2) is 26.3 Å². The van der Waals surface area contributed by atoms with E-state index in [0.717, 1.165) is 19.6 Å². The number of rotatable bonds is 10. The molecule has 0 heterocycles. The third-order valence-electron chi connectivity index (χ3n) is 2.32. The first-order valence-electron chi connectivity index (χ1n) is 5.68. The lowest BCUT2D eigenvalue weighted by molar-refractivity contribution is 0.162. The van der Waals surface area contributed by atoms with Crippen LogP contribution in [0.25, 0.3) is 0 Å². The monoisotopic (exact) mass is 199 g/mol. The van der Waals surface area contributed by atoms with Gasteiger partial charge in [-0.05, 0) is 25.8 Å². The molecule has 0 aromatic carbocycles. The molecule has 0 aromatic rings. The van der Waals surface area contributed by atoms with E-state index in [0.29, 0.717) is 6.04 Å². The summed E-state index contributed by atoms with van der Waals surface area (Å²) in [5.41, 5.74) is 0. The van der Waals surface area contributed by atoms with Gasteiger partial charge in [-0.3, -0.25) is 0 Å². The number of hydrogen-bond donors (Lipinski definition) is 1. The molecule has 0 rings (SSSR count). The molecule has 84 valence electrons. The van der Waals surface area contributed by atoms with Crippen LogP contribution >= 0.6 is 0 Å². The van der Waals surface area contributed by atoms with Crippen LogP contribution in [0.2, 0.25) is 0 Å². The molecule has 0 aromatic heterocycles. The number of methoxy groups -OCH3 is 1. The van der Waals surface area contributed by atoms with Gasteiger partial charge in [0.15, 0.2) is 0 Å². The second-order valence-corrected chi connectivity index (χ2v) is 3.64. The van der Waals surface area contributed by atoms with Crippen molar-refractivity contribution < 1.29 is 4.74 Å². The van der Waals surface area contributed by atoms with Crippen LogP contribution in [0, 0.1) is 0 Å². The van der Waals surface area contributed by atoms with Gasteiger partial charge in [0, 0.05) is 13.2 Å². The van der Waals surface area contributed by atoms with E-state index >= 15 is 0 Å². The molecule has 1 unspecified atom stereocenters. The average molecular weight is 199 g/mol. The molecule has 2 nitrogen and oxygen atoms in total. The standard InChI is InChI=1S/C12H25NO/c1-4-6-7-8-9-10-12(11-14-3)13-5-2/h4,12-13H,1,5-11H2,2-3H3. The second-order valence-electron chi connectivity index (χ2n) is 3.64. The molecular weight excluding hydrogens is 174 g/mol. The van der Waals surface area contributed by atoms with Crippen molar-refractivity contribution in [1.29, 1.82) is 0 Å². The predicted molar refractivity (Wildman–Crippen MR) is 62.6 cm³/mol. The van der Waals surface area contributed by atoms with Gasteiger partial charge in [0.25, 0.3) is 0 Å². The molecule has 2 heteroatoms. The van der Waals surface area contributed by atoms with Crippen molar-refractivity contribution in [2.24, 2.45) is 0 Å². The summed E-state index contributed by atoms with van der Waals surface area (Å²) in [6.07, 6.45) is 8.23. The Morgan fingerprint density at radius 3 is 2.71 bits per heavy atom. The molecule has 0 amide bonds. The van der Waals surface area contributed by atoms with Gasteiger partial charge in [-0.25, -0.2) is 0 Å². The number of ether oxygens (including phenoxy) is 1. The lowest BCUT2D eigenvalue weighted by Crippen LogP contribution is -2.32. The van der Waals surface area contributed by atoms with Crippen LogP contribution in [0.3, 0.4) is 0 Å². The van der Waals surface area contributed by atoms with Gasteiger partial charge in [-0.15, -0.1) is 6.58 Å². The van der Waals surface area contributed by atoms with Crippen molar-refractivity contribution in [2.75, 3.05) is 20.3 Å². The fourth-order valence-electron chi connectivity index (χ4n) is 1.59. The van der Waals surface area contributed by atoms with Gasteiger partial charge in [0.1, 0.15) is 0 Å². The second kappa shape index (κ2) is 10.7. The highest BCUT2D eigenvalue weighted by Crippen LogP contribution is 2.06. The van der Waals surface area contributed by atoms with Gasteiger partial charge < -0.3 is 10.1 Å². The van der Waals surface area contributed by atoms with E-state index in [1.807, 2.05) is 6.08 Å². The van der Waals surface area contributed by atoms with Crippen molar-refractivity contribution in [2.45, 2.75) is 45.1 Å². The molecular formula is C12H25NO. The van der Waals surface area contributed by atoms with Crippen molar-refractivity contribution >= 4 is 0 Å². The molecule has 0 radical (unpaired) electrons. The molecule has 0 aliphatic rings. The van der Waals surface area contributed by atoms with Crippen LogP contribution in [0.15, 0.2) is 12.7 Å². The predicted octanol–water partition coefficient (Wildman–Crippen LogP) is 2.75. The van der Waals surface area contributed by atoms with Crippen LogP contribution < -0.4 is 5.32 Å². The fourth-order valence-corrected chi connectivity index (χ4v) is 1.59. The third kappa shape index (κ3) is 8.27. The summed E-state index contributed by atoms with van der Waals surface area (Å²) in [5, 5.41) is 3.43. The van der Waals surface area contributed by atoms with E-state index in [2.05, 4.69) is 18.8 Å². The molecule has 0 fully saturated rings. The Bertz CT molecular complexity index is 119. The molecule has 0 saturated heterocycles. The number of hydrogen-bond acceptors (Lipinski definition) is 2. The normalized spacial score (nSPS) is 12.7. The maximum atomic E-state index is 5.16. The first-order valence-corrected chi connectivity index (χ1v) is 5.68. The van der Waals surface area contributed by atoms with Gasteiger partial charge >= 0.3 is 0 Å². The topological polar surface area (TPSA) is 21.3 Å². The zero-order valence-electron chi connectivity index (χ0n) is 9.72. The summed E-state index contributed by atoms with van der Waals surface area (Å²) in [6, 6.07) is 0.536. The van der Waals surface area contributed by atoms with E-state index in [-0.39, 0.29) is 0 Å². The largest absolute Gasteiger partial charge is 0.383 e. The van der Waals surface area contributed by atoms with Crippen LogP contribution in [0.1, 0.15) is 39.0 Å². The van der Waals surface area contributed by atoms with Gasteiger partial charge in [-0.1, -0.05) is 25.8 Å². The minimum atomic E-state index is 0.536. The zero-order valence-corrected chi connectivity index (χ0v) is 9.72. The average Bonchev–Trinajstić information content (AvgIpc) is 2.18. The Morgan fingerprint density at radius 1 is 1.36 bits per heavy atom. The van der Waals surface area contributed by atoms with Crippen LogP contribution in [-0.2, 0) is 4.74 Å². The molecule has 1 N–H and O–H groups in total. The minimum Gasteiger partial charge on any atom is -0.383 e. The van der Waals surface area contributed by atoms with E-state index in [1.165, 1.54) is 25.7 Å². The van der Waals surface area contributed by atoms with Crippen molar-refractivity contribution in [3.63, 3.8) is 0 Å². The lowest BCUT2D eigenvalue weighted by atomic mass is 10.1. The van der Waals surface area contributed by atoms with Crippen molar-refractivity contribution in [3.05, 3.63) is 12.7 Å². The SMILES string of the molecule is C=CCCCCCC(COC)NCC. The first kappa shape index (κ1) is 13.7. The quantitative estimate of drug-likeness (QED) is 0.431.